The SMILES string of the molecule is CC(C)CN1CCC[C@]2(C1)CN(C(C)C)C2=O. The fraction of sp³-hybridized carbons (Fsp3) is 0.929. The fourth-order valence-corrected chi connectivity index (χ4v) is 3.30. The van der Waals surface area contributed by atoms with Gasteiger partial charge < -0.3 is 9.80 Å². The van der Waals surface area contributed by atoms with Gasteiger partial charge in [0.15, 0.2) is 0 Å². The average Bonchev–Trinajstić information content (AvgIpc) is 2.25. The van der Waals surface area contributed by atoms with Crippen LogP contribution in [0.1, 0.15) is 40.5 Å². The van der Waals surface area contributed by atoms with Crippen LogP contribution in [0.2, 0.25) is 0 Å². The lowest BCUT2D eigenvalue weighted by Crippen LogP contribution is -2.68. The molecular formula is C14H26N2O. The van der Waals surface area contributed by atoms with E-state index in [0.717, 1.165) is 26.1 Å². The molecule has 0 aliphatic carbocycles. The summed E-state index contributed by atoms with van der Waals surface area (Å²) >= 11 is 0. The van der Waals surface area contributed by atoms with E-state index in [1.807, 2.05) is 4.90 Å². The molecule has 98 valence electrons. The minimum atomic E-state index is -0.0165. The van der Waals surface area contributed by atoms with E-state index in [4.69, 9.17) is 0 Å². The number of nitrogens with zero attached hydrogens (tertiary/aromatic N) is 2. The molecule has 1 spiro atoms. The third-order valence-electron chi connectivity index (χ3n) is 4.09. The second-order valence-electron chi connectivity index (χ2n) is 6.54. The van der Waals surface area contributed by atoms with Crippen LogP contribution in [0.5, 0.6) is 0 Å². The largest absolute Gasteiger partial charge is 0.339 e. The molecule has 0 aromatic carbocycles. The molecule has 0 saturated carbocycles. The number of β-lactam (4-membered cyclic amide) rings is 1. The van der Waals surface area contributed by atoms with Crippen molar-refractivity contribution in [3.63, 3.8) is 0 Å². The number of likely N-dealkylation sites (tertiary alicyclic amines) is 2. The summed E-state index contributed by atoms with van der Waals surface area (Å²) < 4.78 is 0. The van der Waals surface area contributed by atoms with Crippen molar-refractivity contribution in [3.05, 3.63) is 0 Å². The average molecular weight is 238 g/mol. The molecule has 0 bridgehead atoms. The van der Waals surface area contributed by atoms with Crippen molar-refractivity contribution in [1.82, 2.24) is 9.80 Å². The number of carbonyl (C=O) groups is 1. The van der Waals surface area contributed by atoms with Crippen molar-refractivity contribution in [2.45, 2.75) is 46.6 Å². The Hall–Kier alpha value is -0.570. The number of carbonyl (C=O) groups excluding carboxylic acids is 1. The smallest absolute Gasteiger partial charge is 0.232 e. The highest BCUT2D eigenvalue weighted by atomic mass is 16.2. The van der Waals surface area contributed by atoms with Crippen LogP contribution in [0.15, 0.2) is 0 Å². The lowest BCUT2D eigenvalue weighted by atomic mass is 9.71. The molecule has 1 atom stereocenters. The molecule has 2 saturated heterocycles. The summed E-state index contributed by atoms with van der Waals surface area (Å²) in [6.07, 6.45) is 2.29. The standard InChI is InChI=1S/C14H26N2O/c1-11(2)8-15-7-5-6-14(9-15)10-16(12(3)4)13(14)17/h11-12H,5-10H2,1-4H3/t14-/m0/s1. The lowest BCUT2D eigenvalue weighted by Gasteiger charge is -2.55. The molecule has 0 N–H and O–H groups in total. The maximum atomic E-state index is 12.3. The van der Waals surface area contributed by atoms with Gasteiger partial charge in [-0.05, 0) is 39.2 Å². The van der Waals surface area contributed by atoms with Crippen LogP contribution < -0.4 is 0 Å². The summed E-state index contributed by atoms with van der Waals surface area (Å²) in [4.78, 5) is 16.8. The molecular weight excluding hydrogens is 212 g/mol. The lowest BCUT2D eigenvalue weighted by molar-refractivity contribution is -0.169. The van der Waals surface area contributed by atoms with Crippen molar-refractivity contribution in [3.8, 4) is 0 Å². The quantitative estimate of drug-likeness (QED) is 0.702. The number of hydrogen-bond donors (Lipinski definition) is 0. The topological polar surface area (TPSA) is 23.6 Å². The molecule has 2 fully saturated rings. The normalized spacial score (nSPS) is 30.5. The molecule has 2 aliphatic heterocycles. The van der Waals surface area contributed by atoms with Crippen LogP contribution in [-0.2, 0) is 4.79 Å². The monoisotopic (exact) mass is 238 g/mol. The molecule has 0 aromatic rings. The van der Waals surface area contributed by atoms with Gasteiger partial charge in [-0.1, -0.05) is 13.8 Å². The highest BCUT2D eigenvalue weighted by molar-refractivity contribution is 5.89. The fourth-order valence-electron chi connectivity index (χ4n) is 3.30. The Balaban J connectivity index is 1.96. The minimum absolute atomic E-state index is 0.0165. The number of rotatable bonds is 3. The Morgan fingerprint density at radius 2 is 1.94 bits per heavy atom. The first-order valence-corrected chi connectivity index (χ1v) is 6.98. The third-order valence-corrected chi connectivity index (χ3v) is 4.09. The predicted octanol–water partition coefficient (Wildman–Crippen LogP) is 1.98. The molecule has 1 amide bonds. The summed E-state index contributed by atoms with van der Waals surface area (Å²) in [5, 5.41) is 0. The zero-order valence-electron chi connectivity index (χ0n) is 11.7. The van der Waals surface area contributed by atoms with Crippen molar-refractivity contribution >= 4 is 5.91 Å². The van der Waals surface area contributed by atoms with Gasteiger partial charge in [0.05, 0.1) is 5.41 Å². The van der Waals surface area contributed by atoms with Gasteiger partial charge in [0.1, 0.15) is 0 Å². The van der Waals surface area contributed by atoms with Crippen molar-refractivity contribution < 1.29 is 4.79 Å². The highest BCUT2D eigenvalue weighted by Gasteiger charge is 2.54. The first kappa shape index (κ1) is 12.9. The summed E-state index contributed by atoms with van der Waals surface area (Å²) in [5.41, 5.74) is -0.0165. The molecule has 0 radical (unpaired) electrons. The van der Waals surface area contributed by atoms with Crippen LogP contribution in [0.3, 0.4) is 0 Å². The minimum Gasteiger partial charge on any atom is -0.339 e. The van der Waals surface area contributed by atoms with Crippen molar-refractivity contribution in [1.29, 1.82) is 0 Å². The predicted molar refractivity (Wildman–Crippen MR) is 69.8 cm³/mol. The maximum Gasteiger partial charge on any atom is 0.232 e. The first-order chi connectivity index (χ1) is 7.94. The van der Waals surface area contributed by atoms with E-state index in [2.05, 4.69) is 32.6 Å². The van der Waals surface area contributed by atoms with E-state index in [0.29, 0.717) is 17.9 Å². The number of piperidine rings is 1. The van der Waals surface area contributed by atoms with Gasteiger partial charge >= 0.3 is 0 Å². The third kappa shape index (κ3) is 2.35. The summed E-state index contributed by atoms with van der Waals surface area (Å²) in [6, 6.07) is 0.369. The van der Waals surface area contributed by atoms with Crippen LogP contribution in [0, 0.1) is 11.3 Å². The number of amides is 1. The molecule has 2 heterocycles. The first-order valence-electron chi connectivity index (χ1n) is 6.98. The molecule has 0 aromatic heterocycles. The van der Waals surface area contributed by atoms with Crippen LogP contribution in [-0.4, -0.2) is 47.9 Å². The van der Waals surface area contributed by atoms with Crippen molar-refractivity contribution in [2.75, 3.05) is 26.2 Å². The number of hydrogen-bond acceptors (Lipinski definition) is 2. The van der Waals surface area contributed by atoms with Gasteiger partial charge in [0.25, 0.3) is 0 Å². The Morgan fingerprint density at radius 3 is 2.47 bits per heavy atom. The van der Waals surface area contributed by atoms with E-state index >= 15 is 0 Å². The second-order valence-corrected chi connectivity index (χ2v) is 6.54. The Labute approximate surface area is 105 Å². The van der Waals surface area contributed by atoms with Crippen molar-refractivity contribution in [2.24, 2.45) is 11.3 Å². The van der Waals surface area contributed by atoms with Gasteiger partial charge in [0, 0.05) is 25.7 Å². The molecule has 17 heavy (non-hydrogen) atoms. The summed E-state index contributed by atoms with van der Waals surface area (Å²) in [6.45, 7) is 13.0. The molecule has 2 aliphatic rings. The molecule has 3 nitrogen and oxygen atoms in total. The molecule has 0 unspecified atom stereocenters. The summed E-state index contributed by atoms with van der Waals surface area (Å²) in [5.74, 6) is 1.10. The molecule has 2 rings (SSSR count). The zero-order chi connectivity index (χ0) is 12.6. The van der Waals surface area contributed by atoms with Crippen LogP contribution in [0.25, 0.3) is 0 Å². The van der Waals surface area contributed by atoms with Gasteiger partial charge in [-0.3, -0.25) is 4.79 Å². The van der Waals surface area contributed by atoms with Gasteiger partial charge in [-0.25, -0.2) is 0 Å². The Kier molecular flexibility index (Phi) is 3.48. The van der Waals surface area contributed by atoms with E-state index < -0.39 is 0 Å². The van der Waals surface area contributed by atoms with Crippen LogP contribution >= 0.6 is 0 Å². The Morgan fingerprint density at radius 1 is 1.24 bits per heavy atom. The molecule has 3 heteroatoms. The van der Waals surface area contributed by atoms with Gasteiger partial charge in [-0.15, -0.1) is 0 Å². The Bertz CT molecular complexity index is 301. The van der Waals surface area contributed by atoms with Gasteiger partial charge in [0.2, 0.25) is 5.91 Å². The summed E-state index contributed by atoms with van der Waals surface area (Å²) in [7, 11) is 0. The zero-order valence-corrected chi connectivity index (χ0v) is 11.7. The highest BCUT2D eigenvalue weighted by Crippen LogP contribution is 2.41. The second kappa shape index (κ2) is 4.60. The van der Waals surface area contributed by atoms with E-state index in [9.17, 15) is 4.79 Å². The van der Waals surface area contributed by atoms with Gasteiger partial charge in [-0.2, -0.15) is 0 Å². The maximum absolute atomic E-state index is 12.3. The van der Waals surface area contributed by atoms with E-state index in [1.54, 1.807) is 0 Å². The van der Waals surface area contributed by atoms with Crippen LogP contribution in [0.4, 0.5) is 0 Å². The van der Waals surface area contributed by atoms with E-state index in [-0.39, 0.29) is 5.41 Å². The van der Waals surface area contributed by atoms with E-state index in [1.165, 1.54) is 13.0 Å².